The number of hydrogen-bond donors (Lipinski definition) is 2. The van der Waals surface area contributed by atoms with Gasteiger partial charge in [-0.25, -0.2) is 0 Å². The molecule has 2 bridgehead atoms. The van der Waals surface area contributed by atoms with Gasteiger partial charge in [-0.05, 0) is 37.8 Å². The number of likely N-dealkylation sites (tertiary alicyclic amines) is 1. The number of benzene rings is 1. The highest BCUT2D eigenvalue weighted by Crippen LogP contribution is 2.71. The molecule has 7 atom stereocenters. The van der Waals surface area contributed by atoms with E-state index < -0.39 is 39.4 Å². The van der Waals surface area contributed by atoms with Crippen molar-refractivity contribution in [3.8, 4) is 0 Å². The summed E-state index contributed by atoms with van der Waals surface area (Å²) in [7, 11) is 0. The Morgan fingerprint density at radius 1 is 1.37 bits per heavy atom. The largest absolute Gasteiger partial charge is 0.481 e. The molecule has 2 amide bonds. The molecule has 3 heterocycles. The summed E-state index contributed by atoms with van der Waals surface area (Å²) in [6.45, 7) is 9.50. The Morgan fingerprint density at radius 2 is 2.06 bits per heavy atom. The normalized spacial score (nSPS) is 32.9. The molecule has 190 valence electrons. The number of aliphatic hydroxyl groups excluding tert-OH is 1. The molecule has 9 heteroatoms. The number of aliphatic hydroxyl groups is 1. The Kier molecular flexibility index (Phi) is 7.03. The highest BCUT2D eigenvalue weighted by molar-refractivity contribution is 8.02. The van der Waals surface area contributed by atoms with Gasteiger partial charge in [0, 0.05) is 11.3 Å². The van der Waals surface area contributed by atoms with Gasteiger partial charge in [-0.2, -0.15) is 0 Å². The maximum absolute atomic E-state index is 14.5. The lowest BCUT2D eigenvalue weighted by Crippen LogP contribution is -2.58. The minimum Gasteiger partial charge on any atom is -0.481 e. The number of hydrogen-bond acceptors (Lipinski definition) is 5. The van der Waals surface area contributed by atoms with Gasteiger partial charge >= 0.3 is 5.97 Å². The van der Waals surface area contributed by atoms with E-state index in [0.717, 1.165) is 0 Å². The van der Waals surface area contributed by atoms with Gasteiger partial charge in [0.25, 0.3) is 5.91 Å². The molecule has 0 radical (unpaired) electrons. The molecule has 7 nitrogen and oxygen atoms in total. The van der Waals surface area contributed by atoms with E-state index in [0.29, 0.717) is 30.0 Å². The molecule has 2 N–H and O–H groups in total. The van der Waals surface area contributed by atoms with Crippen LogP contribution in [0.4, 0.5) is 5.69 Å². The van der Waals surface area contributed by atoms with Crippen molar-refractivity contribution in [3.05, 3.63) is 41.9 Å². The summed E-state index contributed by atoms with van der Waals surface area (Å²) in [6, 6.07) is 5.50. The summed E-state index contributed by atoms with van der Waals surface area (Å²) >= 11 is 7.96. The monoisotopic (exact) mass is 520 g/mol. The molecule has 0 saturated carbocycles. The predicted octanol–water partition coefficient (Wildman–Crippen LogP) is 3.83. The second kappa shape index (κ2) is 9.45. The molecule has 4 rings (SSSR count). The average Bonchev–Trinajstić information content (AvgIpc) is 3.39. The number of nitrogens with zero attached hydrogens (tertiary/aromatic N) is 2. The van der Waals surface area contributed by atoms with Gasteiger partial charge in [-0.1, -0.05) is 50.1 Å². The molecular weight excluding hydrogens is 488 g/mol. The molecule has 1 aromatic carbocycles. The van der Waals surface area contributed by atoms with Gasteiger partial charge in [0.2, 0.25) is 5.91 Å². The van der Waals surface area contributed by atoms with Crippen LogP contribution in [-0.4, -0.2) is 67.6 Å². The van der Waals surface area contributed by atoms with E-state index in [2.05, 4.69) is 6.58 Å². The number of thioether (sulfide) groups is 1. The van der Waals surface area contributed by atoms with Crippen LogP contribution in [0.2, 0.25) is 5.02 Å². The van der Waals surface area contributed by atoms with Gasteiger partial charge in [0.15, 0.2) is 0 Å². The number of rotatable bonds is 9. The van der Waals surface area contributed by atoms with E-state index in [1.807, 2.05) is 20.8 Å². The molecule has 3 saturated heterocycles. The number of amides is 2. The molecular formula is C26H33ClN2O5S. The summed E-state index contributed by atoms with van der Waals surface area (Å²) in [4.78, 5) is 44.0. The van der Waals surface area contributed by atoms with Crippen molar-refractivity contribution in [2.75, 3.05) is 18.1 Å². The van der Waals surface area contributed by atoms with Gasteiger partial charge in [0.1, 0.15) is 6.04 Å². The maximum Gasteiger partial charge on any atom is 0.308 e. The number of carbonyl (C=O) groups is 3. The predicted molar refractivity (Wildman–Crippen MR) is 138 cm³/mol. The van der Waals surface area contributed by atoms with Crippen LogP contribution in [0, 0.1) is 17.8 Å². The number of carboxylic acids is 1. The summed E-state index contributed by atoms with van der Waals surface area (Å²) in [5.74, 6) is -3.47. The van der Waals surface area contributed by atoms with Crippen molar-refractivity contribution in [1.82, 2.24) is 4.90 Å². The molecule has 3 fully saturated rings. The van der Waals surface area contributed by atoms with Gasteiger partial charge in [-0.15, -0.1) is 18.3 Å². The average molecular weight is 521 g/mol. The fourth-order valence-electron chi connectivity index (χ4n) is 6.45. The van der Waals surface area contributed by atoms with E-state index in [9.17, 15) is 24.6 Å². The number of anilines is 1. The first-order valence-electron chi connectivity index (χ1n) is 12.1. The third-order valence-electron chi connectivity index (χ3n) is 8.28. The highest BCUT2D eigenvalue weighted by Gasteiger charge is 2.78. The first-order chi connectivity index (χ1) is 16.6. The van der Waals surface area contributed by atoms with Crippen LogP contribution in [0.5, 0.6) is 0 Å². The Hall–Kier alpha value is -2.03. The zero-order valence-corrected chi connectivity index (χ0v) is 21.9. The molecule has 1 spiro atoms. The molecule has 0 aliphatic carbocycles. The van der Waals surface area contributed by atoms with E-state index in [4.69, 9.17) is 11.6 Å². The zero-order valence-electron chi connectivity index (χ0n) is 20.3. The van der Waals surface area contributed by atoms with E-state index >= 15 is 0 Å². The molecule has 35 heavy (non-hydrogen) atoms. The second-order valence-electron chi connectivity index (χ2n) is 10.1. The molecule has 3 aliphatic heterocycles. The molecule has 0 aromatic heterocycles. The number of aliphatic carboxylic acids is 1. The standard InChI is InChI=1S/C26H33ClN2O5S/c1-5-13-28(17-10-8-7-9-16(17)27)23(32)21-26-12-11-25(4,35-26)20(24(33)34)19(26)22(31)29(21)18(14-30)15(3)6-2/h5,7-10,15,18-21,30H,1,6,11-14H2,2-4H3,(H,33,34)/t15-,18-,19-,20-,21?,25+,26?/m0/s1. The second-order valence-corrected chi connectivity index (χ2v) is 12.4. The number of carboxylic acid groups (broad SMARTS) is 1. The summed E-state index contributed by atoms with van der Waals surface area (Å²) < 4.78 is -1.51. The van der Waals surface area contributed by atoms with Crippen LogP contribution in [-0.2, 0) is 14.4 Å². The van der Waals surface area contributed by atoms with Crippen molar-refractivity contribution in [2.24, 2.45) is 17.8 Å². The first-order valence-corrected chi connectivity index (χ1v) is 13.3. The summed E-state index contributed by atoms with van der Waals surface area (Å²) in [6.07, 6.45) is 3.47. The van der Waals surface area contributed by atoms with Crippen molar-refractivity contribution in [2.45, 2.75) is 61.6 Å². The zero-order chi connectivity index (χ0) is 25.7. The molecule has 1 aromatic rings. The molecule has 2 unspecified atom stereocenters. The summed E-state index contributed by atoms with van der Waals surface area (Å²) in [5, 5.41) is 21.0. The van der Waals surface area contributed by atoms with Crippen LogP contribution < -0.4 is 4.90 Å². The molecule has 3 aliphatic rings. The van der Waals surface area contributed by atoms with Gasteiger partial charge in [-0.3, -0.25) is 14.4 Å². The van der Waals surface area contributed by atoms with Crippen molar-refractivity contribution in [3.63, 3.8) is 0 Å². The lowest BCUT2D eigenvalue weighted by molar-refractivity contribution is -0.151. The van der Waals surface area contributed by atoms with Crippen LogP contribution in [0.15, 0.2) is 36.9 Å². The number of carbonyl (C=O) groups excluding carboxylic acids is 2. The van der Waals surface area contributed by atoms with Crippen LogP contribution in [0.3, 0.4) is 0 Å². The van der Waals surface area contributed by atoms with Crippen molar-refractivity contribution >= 4 is 46.8 Å². The third kappa shape index (κ3) is 3.80. The van der Waals surface area contributed by atoms with E-state index in [1.54, 1.807) is 30.3 Å². The highest BCUT2D eigenvalue weighted by atomic mass is 35.5. The van der Waals surface area contributed by atoms with Crippen LogP contribution >= 0.6 is 23.4 Å². The number of halogens is 1. The van der Waals surface area contributed by atoms with E-state index in [-0.39, 0.29) is 30.9 Å². The first kappa shape index (κ1) is 26.0. The van der Waals surface area contributed by atoms with Gasteiger partial charge in [0.05, 0.1) is 39.9 Å². The van der Waals surface area contributed by atoms with E-state index in [1.165, 1.54) is 21.6 Å². The Bertz CT molecular complexity index is 1050. The topological polar surface area (TPSA) is 98.2 Å². The quantitative estimate of drug-likeness (QED) is 0.480. The summed E-state index contributed by atoms with van der Waals surface area (Å²) in [5.41, 5.74) is 0.508. The van der Waals surface area contributed by atoms with Crippen molar-refractivity contribution < 1.29 is 24.6 Å². The lowest BCUT2D eigenvalue weighted by Gasteiger charge is -2.41. The number of fused-ring (bicyclic) bond motifs is 1. The third-order valence-corrected chi connectivity index (χ3v) is 10.6. The minimum absolute atomic E-state index is 0.0799. The van der Waals surface area contributed by atoms with Gasteiger partial charge < -0.3 is 20.0 Å². The SMILES string of the molecule is C=CCN(C(=O)C1N([C@@H](CO)[C@@H](C)CC)C(=O)[C@@H]2[C@@H](C(=O)O)[C@@]3(C)CCC12S3)c1ccccc1Cl. The minimum atomic E-state index is -1.01. The van der Waals surface area contributed by atoms with Crippen molar-refractivity contribution in [1.29, 1.82) is 0 Å². The maximum atomic E-state index is 14.5. The Morgan fingerprint density at radius 3 is 2.63 bits per heavy atom. The Balaban J connectivity index is 1.89. The fraction of sp³-hybridized carbons (Fsp3) is 0.577. The van der Waals surface area contributed by atoms with Crippen LogP contribution in [0.1, 0.15) is 40.0 Å². The fourth-order valence-corrected chi connectivity index (χ4v) is 9.01. The lowest BCUT2D eigenvalue weighted by atomic mass is 9.66. The smallest absolute Gasteiger partial charge is 0.308 e. The Labute approximate surface area is 215 Å². The number of para-hydroxylation sites is 1. The van der Waals surface area contributed by atoms with Crippen LogP contribution in [0.25, 0.3) is 0 Å².